The Kier molecular flexibility index (Phi) is 2.59. The summed E-state index contributed by atoms with van der Waals surface area (Å²) in [5, 5.41) is 2.72. The van der Waals surface area contributed by atoms with Crippen LogP contribution in [0.25, 0.3) is 0 Å². The highest BCUT2D eigenvalue weighted by Gasteiger charge is 2.10. The molecule has 5 nitrogen and oxygen atoms in total. The van der Waals surface area contributed by atoms with Crippen molar-refractivity contribution in [1.29, 1.82) is 0 Å². The molecule has 0 aliphatic heterocycles. The molecule has 1 amide bonds. The van der Waals surface area contributed by atoms with Gasteiger partial charge in [-0.2, -0.15) is 0 Å². The van der Waals surface area contributed by atoms with E-state index in [4.69, 9.17) is 5.73 Å². The summed E-state index contributed by atoms with van der Waals surface area (Å²) in [7, 11) is 1.77. The third-order valence-corrected chi connectivity index (χ3v) is 2.17. The van der Waals surface area contributed by atoms with E-state index in [1.807, 2.05) is 0 Å². The van der Waals surface area contributed by atoms with Gasteiger partial charge in [0.05, 0.1) is 0 Å². The number of aromatic nitrogens is 2. The first-order chi connectivity index (χ1) is 7.66. The van der Waals surface area contributed by atoms with Crippen LogP contribution in [0.3, 0.4) is 0 Å². The summed E-state index contributed by atoms with van der Waals surface area (Å²) in [6.45, 7) is 0. The standard InChI is InChI=1S/C11H12N4O/c1-15-6-5-13-10(15)11(16)14-9-4-2-3-8(12)7-9/h2-7H,12H2,1H3,(H,14,16). The average Bonchev–Trinajstić information content (AvgIpc) is 2.64. The fourth-order valence-electron chi connectivity index (χ4n) is 1.39. The van der Waals surface area contributed by atoms with Crippen molar-refractivity contribution in [2.75, 3.05) is 11.1 Å². The molecule has 0 spiro atoms. The number of aryl methyl sites for hydroxylation is 1. The number of nitrogens with two attached hydrogens (primary N) is 1. The molecule has 3 N–H and O–H groups in total. The Morgan fingerprint density at radius 3 is 2.94 bits per heavy atom. The molecule has 0 atom stereocenters. The van der Waals surface area contributed by atoms with E-state index in [9.17, 15) is 4.79 Å². The Balaban J connectivity index is 2.17. The number of imidazole rings is 1. The summed E-state index contributed by atoms with van der Waals surface area (Å²) in [6.07, 6.45) is 3.29. The molecular formula is C11H12N4O. The highest BCUT2D eigenvalue weighted by Crippen LogP contribution is 2.12. The molecule has 0 radical (unpaired) electrons. The molecule has 2 aromatic rings. The van der Waals surface area contributed by atoms with E-state index in [2.05, 4.69) is 10.3 Å². The van der Waals surface area contributed by atoms with Gasteiger partial charge in [0, 0.05) is 30.8 Å². The summed E-state index contributed by atoms with van der Waals surface area (Å²) in [4.78, 5) is 15.7. The Hall–Kier alpha value is -2.30. The molecule has 1 aromatic heterocycles. The number of hydrogen-bond acceptors (Lipinski definition) is 3. The van der Waals surface area contributed by atoms with Gasteiger partial charge in [0.1, 0.15) is 0 Å². The van der Waals surface area contributed by atoms with E-state index < -0.39 is 0 Å². The lowest BCUT2D eigenvalue weighted by atomic mass is 10.3. The number of nitrogen functional groups attached to an aromatic ring is 1. The van der Waals surface area contributed by atoms with Gasteiger partial charge in [-0.1, -0.05) is 6.07 Å². The van der Waals surface area contributed by atoms with Crippen LogP contribution in [0.1, 0.15) is 10.6 Å². The van der Waals surface area contributed by atoms with Crippen molar-refractivity contribution in [2.45, 2.75) is 0 Å². The first-order valence-electron chi connectivity index (χ1n) is 4.81. The first-order valence-corrected chi connectivity index (χ1v) is 4.81. The van der Waals surface area contributed by atoms with Gasteiger partial charge >= 0.3 is 0 Å². The van der Waals surface area contributed by atoms with Crippen LogP contribution < -0.4 is 11.1 Å². The summed E-state index contributed by atoms with van der Waals surface area (Å²) in [6, 6.07) is 7.01. The van der Waals surface area contributed by atoms with Gasteiger partial charge < -0.3 is 15.6 Å². The number of rotatable bonds is 2. The Labute approximate surface area is 92.9 Å². The second-order valence-corrected chi connectivity index (χ2v) is 3.44. The van der Waals surface area contributed by atoms with E-state index in [-0.39, 0.29) is 5.91 Å². The van der Waals surface area contributed by atoms with Gasteiger partial charge in [0.15, 0.2) is 5.82 Å². The van der Waals surface area contributed by atoms with Crippen molar-refractivity contribution >= 4 is 17.3 Å². The minimum absolute atomic E-state index is 0.252. The zero-order valence-electron chi connectivity index (χ0n) is 8.84. The quantitative estimate of drug-likeness (QED) is 0.742. The van der Waals surface area contributed by atoms with Crippen LogP contribution in [0.5, 0.6) is 0 Å². The van der Waals surface area contributed by atoms with Gasteiger partial charge in [-0.15, -0.1) is 0 Å². The molecule has 0 aliphatic carbocycles. The lowest BCUT2D eigenvalue weighted by molar-refractivity contribution is 0.101. The van der Waals surface area contributed by atoms with Crippen molar-refractivity contribution in [3.8, 4) is 0 Å². The Morgan fingerprint density at radius 1 is 1.50 bits per heavy atom. The third-order valence-electron chi connectivity index (χ3n) is 2.17. The van der Waals surface area contributed by atoms with Gasteiger partial charge in [-0.05, 0) is 18.2 Å². The number of amides is 1. The molecule has 0 unspecified atom stereocenters. The number of benzene rings is 1. The maximum Gasteiger partial charge on any atom is 0.291 e. The second-order valence-electron chi connectivity index (χ2n) is 3.44. The fraction of sp³-hybridized carbons (Fsp3) is 0.0909. The zero-order valence-corrected chi connectivity index (χ0v) is 8.84. The minimum atomic E-state index is -0.252. The minimum Gasteiger partial charge on any atom is -0.399 e. The van der Waals surface area contributed by atoms with Crippen molar-refractivity contribution in [1.82, 2.24) is 9.55 Å². The first kappa shape index (κ1) is 10.2. The smallest absolute Gasteiger partial charge is 0.291 e. The largest absolute Gasteiger partial charge is 0.399 e. The van der Waals surface area contributed by atoms with Crippen LogP contribution in [-0.4, -0.2) is 15.5 Å². The van der Waals surface area contributed by atoms with E-state index in [1.165, 1.54) is 0 Å². The average molecular weight is 216 g/mol. The molecule has 0 bridgehead atoms. The topological polar surface area (TPSA) is 72.9 Å². The van der Waals surface area contributed by atoms with Crippen LogP contribution in [0.15, 0.2) is 36.7 Å². The monoisotopic (exact) mass is 216 g/mol. The lowest BCUT2D eigenvalue weighted by Crippen LogP contribution is -2.16. The SMILES string of the molecule is Cn1ccnc1C(=O)Nc1cccc(N)c1. The summed E-state index contributed by atoms with van der Waals surface area (Å²) < 4.78 is 1.65. The van der Waals surface area contributed by atoms with E-state index in [1.54, 1.807) is 48.3 Å². The highest BCUT2D eigenvalue weighted by molar-refractivity contribution is 6.01. The predicted molar refractivity (Wildman–Crippen MR) is 62.0 cm³/mol. The van der Waals surface area contributed by atoms with Crippen LogP contribution in [0.2, 0.25) is 0 Å². The molecule has 16 heavy (non-hydrogen) atoms. The molecule has 0 saturated heterocycles. The molecule has 82 valence electrons. The van der Waals surface area contributed by atoms with E-state index in [0.717, 1.165) is 0 Å². The van der Waals surface area contributed by atoms with Crippen molar-refractivity contribution in [3.05, 3.63) is 42.5 Å². The number of nitrogens with zero attached hydrogens (tertiary/aromatic N) is 2. The molecular weight excluding hydrogens is 204 g/mol. The number of hydrogen-bond donors (Lipinski definition) is 2. The number of nitrogens with one attached hydrogen (secondary N) is 1. The van der Waals surface area contributed by atoms with Crippen molar-refractivity contribution < 1.29 is 4.79 Å². The normalized spacial score (nSPS) is 10.1. The zero-order chi connectivity index (χ0) is 11.5. The van der Waals surface area contributed by atoms with E-state index in [0.29, 0.717) is 17.2 Å². The van der Waals surface area contributed by atoms with Gasteiger partial charge in [-0.25, -0.2) is 4.98 Å². The van der Waals surface area contributed by atoms with Crippen LogP contribution in [0.4, 0.5) is 11.4 Å². The fourth-order valence-corrected chi connectivity index (χ4v) is 1.39. The summed E-state index contributed by atoms with van der Waals surface area (Å²) in [5.74, 6) is 0.112. The van der Waals surface area contributed by atoms with Gasteiger partial charge in [0.25, 0.3) is 5.91 Å². The molecule has 0 fully saturated rings. The van der Waals surface area contributed by atoms with Crippen LogP contribution in [0, 0.1) is 0 Å². The van der Waals surface area contributed by atoms with Crippen molar-refractivity contribution in [2.24, 2.45) is 7.05 Å². The highest BCUT2D eigenvalue weighted by atomic mass is 16.2. The Bertz CT molecular complexity index is 518. The molecule has 5 heteroatoms. The molecule has 2 rings (SSSR count). The third kappa shape index (κ3) is 2.03. The van der Waals surface area contributed by atoms with E-state index >= 15 is 0 Å². The second kappa shape index (κ2) is 4.06. The molecule has 0 aliphatic rings. The van der Waals surface area contributed by atoms with Crippen LogP contribution in [-0.2, 0) is 7.05 Å². The maximum atomic E-state index is 11.8. The number of carbonyl (C=O) groups is 1. The molecule has 1 heterocycles. The lowest BCUT2D eigenvalue weighted by Gasteiger charge is -2.05. The molecule has 0 saturated carbocycles. The number of anilines is 2. The van der Waals surface area contributed by atoms with Gasteiger partial charge in [0.2, 0.25) is 0 Å². The predicted octanol–water partition coefficient (Wildman–Crippen LogP) is 1.25. The van der Waals surface area contributed by atoms with Crippen LogP contribution >= 0.6 is 0 Å². The summed E-state index contributed by atoms with van der Waals surface area (Å²) in [5.41, 5.74) is 6.88. The van der Waals surface area contributed by atoms with Gasteiger partial charge in [-0.3, -0.25) is 4.79 Å². The number of carbonyl (C=O) groups excluding carboxylic acids is 1. The molecule has 1 aromatic carbocycles. The Morgan fingerprint density at radius 2 is 2.31 bits per heavy atom. The maximum absolute atomic E-state index is 11.8. The van der Waals surface area contributed by atoms with Crippen molar-refractivity contribution in [3.63, 3.8) is 0 Å². The summed E-state index contributed by atoms with van der Waals surface area (Å²) >= 11 is 0.